The van der Waals surface area contributed by atoms with Gasteiger partial charge in [-0.3, -0.25) is 4.79 Å². The number of nitrogens with zero attached hydrogens (tertiary/aromatic N) is 1. The van der Waals surface area contributed by atoms with Gasteiger partial charge in [0.15, 0.2) is 0 Å². The van der Waals surface area contributed by atoms with E-state index in [0.29, 0.717) is 28.6 Å². The van der Waals surface area contributed by atoms with E-state index >= 15 is 0 Å². The second kappa shape index (κ2) is 6.08. The summed E-state index contributed by atoms with van der Waals surface area (Å²) in [6.45, 7) is 2.14. The molecule has 0 spiro atoms. The van der Waals surface area contributed by atoms with Crippen LogP contribution < -0.4 is 9.62 Å². The van der Waals surface area contributed by atoms with Crippen molar-refractivity contribution >= 4 is 42.2 Å². The average molecular weight is 382 g/mol. The standard InChI is InChI=1S/C16H18N2O5S2/c1-3-18-13-7-8-14(25(22,23)17-9-10-24(2,20)21)11-5-4-6-12(15(11)13)16(18)19/h4-8,17H,3,9-10H2,1-2H3. The number of amides is 1. The van der Waals surface area contributed by atoms with Gasteiger partial charge in [-0.05, 0) is 25.1 Å². The summed E-state index contributed by atoms with van der Waals surface area (Å²) in [6.07, 6.45) is 1.05. The molecular formula is C16H18N2O5S2. The maximum absolute atomic E-state index is 12.6. The van der Waals surface area contributed by atoms with Gasteiger partial charge in [-0.1, -0.05) is 12.1 Å². The van der Waals surface area contributed by atoms with Gasteiger partial charge in [-0.25, -0.2) is 21.6 Å². The Hall–Kier alpha value is -1.97. The average Bonchev–Trinajstić information content (AvgIpc) is 2.80. The van der Waals surface area contributed by atoms with E-state index in [9.17, 15) is 21.6 Å². The van der Waals surface area contributed by atoms with Crippen LogP contribution in [-0.2, 0) is 19.9 Å². The molecule has 1 heterocycles. The molecule has 134 valence electrons. The van der Waals surface area contributed by atoms with Gasteiger partial charge in [0, 0.05) is 35.7 Å². The van der Waals surface area contributed by atoms with Crippen molar-refractivity contribution in [3.63, 3.8) is 0 Å². The number of nitrogens with one attached hydrogen (secondary N) is 1. The Balaban J connectivity index is 2.08. The maximum Gasteiger partial charge on any atom is 0.258 e. The van der Waals surface area contributed by atoms with Gasteiger partial charge in [0.1, 0.15) is 9.84 Å². The highest BCUT2D eigenvalue weighted by Gasteiger charge is 2.31. The van der Waals surface area contributed by atoms with Crippen molar-refractivity contribution in [1.82, 2.24) is 4.72 Å². The van der Waals surface area contributed by atoms with E-state index in [0.717, 1.165) is 6.26 Å². The molecule has 0 atom stereocenters. The fourth-order valence-corrected chi connectivity index (χ4v) is 4.84. The number of sulfonamides is 1. The molecule has 9 heteroatoms. The number of carbonyl (C=O) groups excluding carboxylic acids is 1. The SMILES string of the molecule is CCN1C(=O)c2cccc3c(S(=O)(=O)NCCS(C)(=O)=O)ccc1c23. The van der Waals surface area contributed by atoms with Crippen LogP contribution >= 0.6 is 0 Å². The Morgan fingerprint density at radius 3 is 2.44 bits per heavy atom. The van der Waals surface area contributed by atoms with E-state index in [4.69, 9.17) is 0 Å². The first kappa shape index (κ1) is 17.8. The van der Waals surface area contributed by atoms with Crippen LogP contribution in [0.1, 0.15) is 17.3 Å². The fraction of sp³-hybridized carbons (Fsp3) is 0.312. The van der Waals surface area contributed by atoms with E-state index in [1.807, 2.05) is 6.92 Å². The molecule has 0 fully saturated rings. The molecule has 3 rings (SSSR count). The Labute approximate surface area is 146 Å². The van der Waals surface area contributed by atoms with E-state index in [2.05, 4.69) is 4.72 Å². The van der Waals surface area contributed by atoms with Crippen LogP contribution in [0, 0.1) is 0 Å². The van der Waals surface area contributed by atoms with Crippen molar-refractivity contribution < 1.29 is 21.6 Å². The van der Waals surface area contributed by atoms with Crippen LogP contribution in [0.5, 0.6) is 0 Å². The van der Waals surface area contributed by atoms with Gasteiger partial charge in [0.25, 0.3) is 5.91 Å². The van der Waals surface area contributed by atoms with Gasteiger partial charge in [0.05, 0.1) is 16.3 Å². The van der Waals surface area contributed by atoms with Crippen LogP contribution in [0.15, 0.2) is 35.2 Å². The van der Waals surface area contributed by atoms with Crippen LogP contribution in [0.4, 0.5) is 5.69 Å². The number of anilines is 1. The lowest BCUT2D eigenvalue weighted by Crippen LogP contribution is -2.29. The number of benzene rings is 2. The lowest BCUT2D eigenvalue weighted by atomic mass is 10.1. The van der Waals surface area contributed by atoms with Gasteiger partial charge in [-0.2, -0.15) is 0 Å². The van der Waals surface area contributed by atoms with E-state index in [1.54, 1.807) is 29.2 Å². The monoisotopic (exact) mass is 382 g/mol. The Morgan fingerprint density at radius 2 is 1.80 bits per heavy atom. The highest BCUT2D eigenvalue weighted by Crippen LogP contribution is 2.39. The topological polar surface area (TPSA) is 101 Å². The minimum atomic E-state index is -3.90. The van der Waals surface area contributed by atoms with Gasteiger partial charge in [0.2, 0.25) is 10.0 Å². The lowest BCUT2D eigenvalue weighted by Gasteiger charge is -2.15. The Morgan fingerprint density at radius 1 is 1.08 bits per heavy atom. The molecule has 0 bridgehead atoms. The predicted molar refractivity (Wildman–Crippen MR) is 96.2 cm³/mol. The molecule has 1 N–H and O–H groups in total. The third-order valence-corrected chi connectivity index (χ3v) is 6.58. The number of carbonyl (C=O) groups is 1. The minimum Gasteiger partial charge on any atom is -0.308 e. The quantitative estimate of drug-likeness (QED) is 0.807. The van der Waals surface area contributed by atoms with Crippen molar-refractivity contribution in [3.05, 3.63) is 35.9 Å². The van der Waals surface area contributed by atoms with Crippen LogP contribution in [0.3, 0.4) is 0 Å². The molecule has 0 saturated carbocycles. The summed E-state index contributed by atoms with van der Waals surface area (Å²) >= 11 is 0. The minimum absolute atomic E-state index is 0.0346. The number of hydrogen-bond donors (Lipinski definition) is 1. The molecule has 0 unspecified atom stereocenters. The predicted octanol–water partition coefficient (Wildman–Crippen LogP) is 1.14. The summed E-state index contributed by atoms with van der Waals surface area (Å²) in [7, 11) is -7.17. The largest absolute Gasteiger partial charge is 0.308 e. The first-order valence-electron chi connectivity index (χ1n) is 7.70. The van der Waals surface area contributed by atoms with Gasteiger partial charge in [-0.15, -0.1) is 0 Å². The van der Waals surface area contributed by atoms with Crippen molar-refractivity contribution in [2.45, 2.75) is 11.8 Å². The normalized spacial score (nSPS) is 14.5. The second-order valence-corrected chi connectivity index (χ2v) is 9.88. The Bertz CT molecular complexity index is 1080. The lowest BCUT2D eigenvalue weighted by molar-refractivity contribution is 0.0994. The summed E-state index contributed by atoms with van der Waals surface area (Å²) in [5, 5.41) is 1.06. The molecule has 7 nitrogen and oxygen atoms in total. The number of rotatable bonds is 6. The third-order valence-electron chi connectivity index (χ3n) is 4.12. The second-order valence-electron chi connectivity index (χ2n) is 5.89. The van der Waals surface area contributed by atoms with E-state index < -0.39 is 19.9 Å². The molecule has 0 aromatic heterocycles. The summed E-state index contributed by atoms with van der Waals surface area (Å²) in [5.74, 6) is -0.432. The molecule has 1 aliphatic rings. The zero-order valence-corrected chi connectivity index (χ0v) is 15.4. The third kappa shape index (κ3) is 3.14. The highest BCUT2D eigenvalue weighted by molar-refractivity contribution is 7.91. The van der Waals surface area contributed by atoms with Crippen molar-refractivity contribution in [3.8, 4) is 0 Å². The highest BCUT2D eigenvalue weighted by atomic mass is 32.2. The Kier molecular flexibility index (Phi) is 4.34. The van der Waals surface area contributed by atoms with Crippen molar-refractivity contribution in [1.29, 1.82) is 0 Å². The number of sulfone groups is 1. The molecule has 25 heavy (non-hydrogen) atoms. The van der Waals surface area contributed by atoms with Crippen LogP contribution in [0.25, 0.3) is 10.8 Å². The molecule has 0 saturated heterocycles. The van der Waals surface area contributed by atoms with E-state index in [1.165, 1.54) is 6.07 Å². The molecule has 1 amide bonds. The van der Waals surface area contributed by atoms with Gasteiger partial charge < -0.3 is 4.90 Å². The van der Waals surface area contributed by atoms with Crippen LogP contribution in [-0.4, -0.2) is 47.8 Å². The van der Waals surface area contributed by atoms with Crippen LogP contribution in [0.2, 0.25) is 0 Å². The molecule has 2 aromatic rings. The molecular weight excluding hydrogens is 364 g/mol. The maximum atomic E-state index is 12.6. The summed E-state index contributed by atoms with van der Waals surface area (Å²) in [4.78, 5) is 14.1. The van der Waals surface area contributed by atoms with Crippen molar-refractivity contribution in [2.75, 3.05) is 30.0 Å². The van der Waals surface area contributed by atoms with Crippen molar-refractivity contribution in [2.24, 2.45) is 0 Å². The number of hydrogen-bond acceptors (Lipinski definition) is 5. The summed E-state index contributed by atoms with van der Waals surface area (Å²) in [6, 6.07) is 8.04. The van der Waals surface area contributed by atoms with Gasteiger partial charge >= 0.3 is 0 Å². The smallest absolute Gasteiger partial charge is 0.258 e. The molecule has 2 aromatic carbocycles. The van der Waals surface area contributed by atoms with E-state index in [-0.39, 0.29) is 23.1 Å². The molecule has 0 aliphatic carbocycles. The fourth-order valence-electron chi connectivity index (χ4n) is 3.01. The zero-order valence-electron chi connectivity index (χ0n) is 13.8. The molecule has 0 radical (unpaired) electrons. The first-order chi connectivity index (χ1) is 11.7. The first-order valence-corrected chi connectivity index (χ1v) is 11.2. The summed E-state index contributed by atoms with van der Waals surface area (Å²) in [5.41, 5.74) is 1.16. The zero-order chi connectivity index (χ0) is 18.4. The molecule has 1 aliphatic heterocycles. The summed E-state index contributed by atoms with van der Waals surface area (Å²) < 4.78 is 49.9.